The molecule has 1 atom stereocenters. The van der Waals surface area contributed by atoms with Gasteiger partial charge in [0.1, 0.15) is 0 Å². The molecule has 1 aromatic carbocycles. The van der Waals surface area contributed by atoms with E-state index in [-0.39, 0.29) is 12.1 Å². The van der Waals surface area contributed by atoms with Gasteiger partial charge in [0.05, 0.1) is 0 Å². The van der Waals surface area contributed by atoms with Crippen molar-refractivity contribution in [2.45, 2.75) is 25.8 Å². The van der Waals surface area contributed by atoms with Crippen molar-refractivity contribution in [2.24, 2.45) is 0 Å². The molecule has 1 N–H and O–H groups in total. The summed E-state index contributed by atoms with van der Waals surface area (Å²) in [6, 6.07) is 10.1. The lowest BCUT2D eigenvalue weighted by Crippen LogP contribution is -2.53. The Morgan fingerprint density at radius 2 is 1.90 bits per heavy atom. The molecule has 2 amide bonds. The van der Waals surface area contributed by atoms with Crippen LogP contribution in [0.15, 0.2) is 30.3 Å². The molecule has 1 aliphatic heterocycles. The van der Waals surface area contributed by atoms with E-state index >= 15 is 0 Å². The molecule has 0 bridgehead atoms. The van der Waals surface area contributed by atoms with E-state index in [0.29, 0.717) is 0 Å². The van der Waals surface area contributed by atoms with E-state index in [1.807, 2.05) is 23.1 Å². The van der Waals surface area contributed by atoms with E-state index < -0.39 is 0 Å². The van der Waals surface area contributed by atoms with Gasteiger partial charge in [0.25, 0.3) is 0 Å². The molecule has 4 heteroatoms. The van der Waals surface area contributed by atoms with E-state index in [1.165, 1.54) is 12.0 Å². The van der Waals surface area contributed by atoms with Crippen molar-refractivity contribution >= 4 is 6.03 Å². The number of hydrogen-bond donors (Lipinski definition) is 1. The van der Waals surface area contributed by atoms with Gasteiger partial charge in [-0.3, -0.25) is 4.90 Å². The van der Waals surface area contributed by atoms with Gasteiger partial charge in [-0.05, 0) is 31.9 Å². The zero-order chi connectivity index (χ0) is 15.1. The third kappa shape index (κ3) is 5.05. The number of urea groups is 1. The molecular weight excluding hydrogens is 262 g/mol. The van der Waals surface area contributed by atoms with E-state index in [4.69, 9.17) is 0 Å². The SMILES string of the molecule is [CH2][C@@H](Cc1ccccc1)NC(=O)N1CCN(CCC)CC1. The van der Waals surface area contributed by atoms with Crippen LogP contribution in [0.1, 0.15) is 18.9 Å². The molecule has 1 heterocycles. The average Bonchev–Trinajstić information content (AvgIpc) is 2.49. The predicted molar refractivity (Wildman–Crippen MR) is 86.1 cm³/mol. The molecule has 1 saturated heterocycles. The molecule has 0 aromatic heterocycles. The molecule has 1 aromatic rings. The number of piperazine rings is 1. The van der Waals surface area contributed by atoms with Crippen molar-refractivity contribution in [2.75, 3.05) is 32.7 Å². The quantitative estimate of drug-likeness (QED) is 0.901. The van der Waals surface area contributed by atoms with Gasteiger partial charge in [-0.25, -0.2) is 4.79 Å². The Kier molecular flexibility index (Phi) is 6.05. The normalized spacial score (nSPS) is 17.5. The standard InChI is InChI=1S/C17H26N3O/c1-3-9-19-10-12-20(13-11-19)17(21)18-15(2)14-16-7-5-4-6-8-16/h4-8,15H,2-3,9-14H2,1H3,(H,18,21)/t15-/m0/s1. The molecule has 115 valence electrons. The van der Waals surface area contributed by atoms with Crippen LogP contribution < -0.4 is 5.32 Å². The predicted octanol–water partition coefficient (Wildman–Crippen LogP) is 2.17. The monoisotopic (exact) mass is 288 g/mol. The first kappa shape index (κ1) is 15.8. The lowest BCUT2D eigenvalue weighted by molar-refractivity contribution is 0.138. The summed E-state index contributed by atoms with van der Waals surface area (Å²) in [5.41, 5.74) is 1.20. The van der Waals surface area contributed by atoms with Gasteiger partial charge in [0, 0.05) is 32.2 Å². The lowest BCUT2D eigenvalue weighted by atomic mass is 10.1. The number of benzene rings is 1. The maximum atomic E-state index is 12.2. The van der Waals surface area contributed by atoms with Gasteiger partial charge < -0.3 is 10.2 Å². The van der Waals surface area contributed by atoms with E-state index in [1.54, 1.807) is 0 Å². The Balaban J connectivity index is 1.74. The Morgan fingerprint density at radius 3 is 2.52 bits per heavy atom. The third-order valence-electron chi connectivity index (χ3n) is 3.85. The van der Waals surface area contributed by atoms with Crippen LogP contribution in [0.25, 0.3) is 0 Å². The van der Waals surface area contributed by atoms with E-state index in [9.17, 15) is 4.79 Å². The minimum atomic E-state index is -0.0893. The molecule has 0 unspecified atom stereocenters. The highest BCUT2D eigenvalue weighted by Gasteiger charge is 2.21. The molecule has 4 nitrogen and oxygen atoms in total. The number of nitrogens with zero attached hydrogens (tertiary/aromatic N) is 2. The van der Waals surface area contributed by atoms with Crippen molar-refractivity contribution in [3.63, 3.8) is 0 Å². The summed E-state index contributed by atoms with van der Waals surface area (Å²) in [6.07, 6.45) is 1.94. The average molecular weight is 288 g/mol. The van der Waals surface area contributed by atoms with Crippen molar-refractivity contribution in [1.82, 2.24) is 15.1 Å². The van der Waals surface area contributed by atoms with Gasteiger partial charge in [-0.15, -0.1) is 0 Å². The molecular formula is C17H26N3O. The van der Waals surface area contributed by atoms with E-state index in [2.05, 4.69) is 36.2 Å². The van der Waals surface area contributed by atoms with Crippen LogP contribution in [0.2, 0.25) is 0 Å². The summed E-state index contributed by atoms with van der Waals surface area (Å²) in [4.78, 5) is 16.5. The Bertz CT molecular complexity index is 427. The highest BCUT2D eigenvalue weighted by atomic mass is 16.2. The highest BCUT2D eigenvalue weighted by Crippen LogP contribution is 2.05. The molecule has 0 saturated carbocycles. The van der Waals surface area contributed by atoms with Crippen molar-refractivity contribution in [3.05, 3.63) is 42.8 Å². The molecule has 1 fully saturated rings. The van der Waals surface area contributed by atoms with Crippen LogP contribution in [0, 0.1) is 6.92 Å². The molecule has 0 aliphatic carbocycles. The fourth-order valence-electron chi connectivity index (χ4n) is 2.71. The number of hydrogen-bond acceptors (Lipinski definition) is 2. The molecule has 21 heavy (non-hydrogen) atoms. The fourth-order valence-corrected chi connectivity index (χ4v) is 2.71. The zero-order valence-electron chi connectivity index (χ0n) is 12.9. The maximum absolute atomic E-state index is 12.2. The van der Waals surface area contributed by atoms with Crippen LogP contribution in [0.5, 0.6) is 0 Å². The number of carbonyl (C=O) groups is 1. The summed E-state index contributed by atoms with van der Waals surface area (Å²) < 4.78 is 0. The van der Waals surface area contributed by atoms with Crippen LogP contribution in [-0.4, -0.2) is 54.6 Å². The lowest BCUT2D eigenvalue weighted by Gasteiger charge is -2.35. The molecule has 2 rings (SSSR count). The summed E-state index contributed by atoms with van der Waals surface area (Å²) in [5.74, 6) is 0. The number of amides is 2. The van der Waals surface area contributed by atoms with Crippen molar-refractivity contribution in [3.8, 4) is 0 Å². The van der Waals surface area contributed by atoms with Crippen molar-refractivity contribution in [1.29, 1.82) is 0 Å². The van der Waals surface area contributed by atoms with Crippen LogP contribution in [0.3, 0.4) is 0 Å². The number of carbonyl (C=O) groups excluding carboxylic acids is 1. The van der Waals surface area contributed by atoms with Gasteiger partial charge in [0.2, 0.25) is 0 Å². The highest BCUT2D eigenvalue weighted by molar-refractivity contribution is 5.74. The summed E-state index contributed by atoms with van der Waals surface area (Å²) >= 11 is 0. The smallest absolute Gasteiger partial charge is 0.317 e. The Hall–Kier alpha value is -1.55. The second-order valence-electron chi connectivity index (χ2n) is 5.66. The zero-order valence-corrected chi connectivity index (χ0v) is 12.9. The van der Waals surface area contributed by atoms with Gasteiger partial charge in [0.15, 0.2) is 0 Å². The Morgan fingerprint density at radius 1 is 1.24 bits per heavy atom. The van der Waals surface area contributed by atoms with Gasteiger partial charge in [-0.1, -0.05) is 37.3 Å². The second-order valence-corrected chi connectivity index (χ2v) is 5.66. The molecule has 0 spiro atoms. The van der Waals surface area contributed by atoms with Gasteiger partial charge in [-0.2, -0.15) is 0 Å². The minimum absolute atomic E-state index is 0.0158. The molecule has 1 aliphatic rings. The van der Waals surface area contributed by atoms with Gasteiger partial charge >= 0.3 is 6.03 Å². The number of nitrogens with one attached hydrogen (secondary N) is 1. The summed E-state index contributed by atoms with van der Waals surface area (Å²) in [6.45, 7) is 10.9. The topological polar surface area (TPSA) is 35.6 Å². The minimum Gasteiger partial charge on any atom is -0.335 e. The number of rotatable bonds is 5. The van der Waals surface area contributed by atoms with Crippen LogP contribution in [0.4, 0.5) is 4.79 Å². The molecule has 1 radical (unpaired) electrons. The Labute approximate surface area is 128 Å². The maximum Gasteiger partial charge on any atom is 0.317 e. The first-order chi connectivity index (χ1) is 10.2. The first-order valence-electron chi connectivity index (χ1n) is 7.84. The van der Waals surface area contributed by atoms with Crippen molar-refractivity contribution < 1.29 is 4.79 Å². The van der Waals surface area contributed by atoms with E-state index in [0.717, 1.165) is 39.1 Å². The second kappa shape index (κ2) is 8.03. The largest absolute Gasteiger partial charge is 0.335 e. The third-order valence-corrected chi connectivity index (χ3v) is 3.85. The summed E-state index contributed by atoms with van der Waals surface area (Å²) in [5, 5.41) is 3.00. The van der Waals surface area contributed by atoms with Crippen LogP contribution >= 0.6 is 0 Å². The summed E-state index contributed by atoms with van der Waals surface area (Å²) in [7, 11) is 0. The van der Waals surface area contributed by atoms with Crippen LogP contribution in [-0.2, 0) is 6.42 Å². The fraction of sp³-hybridized carbons (Fsp3) is 0.529. The first-order valence-corrected chi connectivity index (χ1v) is 7.84.